The fourth-order valence-electron chi connectivity index (χ4n) is 5.17. The van der Waals surface area contributed by atoms with Gasteiger partial charge in [0, 0.05) is 49.7 Å². The van der Waals surface area contributed by atoms with E-state index in [9.17, 15) is 0 Å². The number of aromatic amines is 1. The van der Waals surface area contributed by atoms with E-state index in [1.165, 1.54) is 5.57 Å². The Bertz CT molecular complexity index is 1140. The first kappa shape index (κ1) is 30.0. The molecule has 2 aliphatic carbocycles. The molecule has 1 saturated heterocycles. The number of halogens is 2. The van der Waals surface area contributed by atoms with Gasteiger partial charge < -0.3 is 14.8 Å². The Morgan fingerprint density at radius 1 is 1.28 bits per heavy atom. The Morgan fingerprint density at radius 3 is 2.87 bits per heavy atom. The number of ether oxygens (including phenoxy) is 2. The lowest BCUT2D eigenvalue weighted by atomic mass is 9.98. The number of nitrogens with zero attached hydrogens (tertiary/aromatic N) is 2. The van der Waals surface area contributed by atoms with E-state index in [0.29, 0.717) is 5.03 Å². The summed E-state index contributed by atoms with van der Waals surface area (Å²) in [6.45, 7) is 12.7. The van der Waals surface area contributed by atoms with E-state index in [0.717, 1.165) is 93.3 Å². The van der Waals surface area contributed by atoms with Gasteiger partial charge in [-0.3, -0.25) is 10.00 Å². The predicted molar refractivity (Wildman–Crippen MR) is 163 cm³/mol. The van der Waals surface area contributed by atoms with Gasteiger partial charge in [-0.2, -0.15) is 5.10 Å². The van der Waals surface area contributed by atoms with Gasteiger partial charge in [-0.1, -0.05) is 60.6 Å². The summed E-state index contributed by atoms with van der Waals surface area (Å²) in [5, 5.41) is 11.9. The lowest BCUT2D eigenvalue weighted by Gasteiger charge is -2.26. The van der Waals surface area contributed by atoms with Crippen LogP contribution < -0.4 is 5.32 Å². The summed E-state index contributed by atoms with van der Waals surface area (Å²) < 4.78 is 11.8. The van der Waals surface area contributed by atoms with Gasteiger partial charge in [-0.25, -0.2) is 0 Å². The summed E-state index contributed by atoms with van der Waals surface area (Å²) in [5.41, 5.74) is 6.64. The van der Waals surface area contributed by atoms with Crippen LogP contribution in [0.2, 0.25) is 0 Å². The molecule has 212 valence electrons. The number of fused-ring (bicyclic) bond motifs is 1. The molecule has 39 heavy (non-hydrogen) atoms. The van der Waals surface area contributed by atoms with Crippen LogP contribution in [0.15, 0.2) is 58.2 Å². The van der Waals surface area contributed by atoms with Crippen molar-refractivity contribution in [3.05, 3.63) is 75.2 Å². The van der Waals surface area contributed by atoms with E-state index >= 15 is 0 Å². The molecular formula is C31H42Cl2N4O2. The largest absolute Gasteiger partial charge is 0.379 e. The maximum absolute atomic E-state index is 6.54. The summed E-state index contributed by atoms with van der Waals surface area (Å²) in [6, 6.07) is 0. The van der Waals surface area contributed by atoms with Crippen LogP contribution >= 0.6 is 23.2 Å². The number of morpholine rings is 1. The fourth-order valence-corrected chi connectivity index (χ4v) is 5.85. The normalized spacial score (nSPS) is 22.2. The number of nitrogens with one attached hydrogen (secondary N) is 2. The van der Waals surface area contributed by atoms with E-state index in [-0.39, 0.29) is 17.6 Å². The highest BCUT2D eigenvalue weighted by molar-refractivity contribution is 6.31. The van der Waals surface area contributed by atoms with Gasteiger partial charge >= 0.3 is 0 Å². The quantitative estimate of drug-likeness (QED) is 0.236. The van der Waals surface area contributed by atoms with Crippen LogP contribution in [-0.4, -0.2) is 78.6 Å². The van der Waals surface area contributed by atoms with Gasteiger partial charge in [0.25, 0.3) is 0 Å². The Morgan fingerprint density at radius 2 is 2.10 bits per heavy atom. The van der Waals surface area contributed by atoms with Crippen LogP contribution in [0.25, 0.3) is 12.2 Å². The smallest absolute Gasteiger partial charge is 0.0888 e. The summed E-state index contributed by atoms with van der Waals surface area (Å²) in [5.74, 6) is 0. The van der Waals surface area contributed by atoms with Gasteiger partial charge in [0.05, 0.1) is 42.2 Å². The monoisotopic (exact) mass is 572 g/mol. The minimum absolute atomic E-state index is 0.0674. The van der Waals surface area contributed by atoms with Crippen LogP contribution in [0.1, 0.15) is 50.6 Å². The van der Waals surface area contributed by atoms with Gasteiger partial charge in [0.15, 0.2) is 0 Å². The van der Waals surface area contributed by atoms with E-state index in [1.54, 1.807) is 0 Å². The average molecular weight is 574 g/mol. The highest BCUT2D eigenvalue weighted by atomic mass is 35.5. The van der Waals surface area contributed by atoms with E-state index in [1.807, 2.05) is 13.8 Å². The number of alkyl halides is 1. The second-order valence-electron chi connectivity index (χ2n) is 10.3. The SMILES string of the molecule is CCC(Cl)/C(=C(\C)Cl)C(C)OC1C=Cc2[nH]nc(/C=C/C3=CC=C(CNCCN4CCOCC4)CC=C3)c2C1. The molecule has 0 bridgehead atoms. The molecular weight excluding hydrogens is 531 g/mol. The van der Waals surface area contributed by atoms with Crippen molar-refractivity contribution in [2.45, 2.75) is 57.6 Å². The number of hydrogen-bond donors (Lipinski definition) is 2. The number of aromatic nitrogens is 2. The Labute approximate surface area is 243 Å². The maximum atomic E-state index is 6.54. The predicted octanol–water partition coefficient (Wildman–Crippen LogP) is 6.03. The molecule has 1 aromatic heterocycles. The van der Waals surface area contributed by atoms with Gasteiger partial charge in [-0.05, 0) is 50.0 Å². The summed E-state index contributed by atoms with van der Waals surface area (Å²) in [6.07, 6.45) is 19.5. The second kappa shape index (κ2) is 15.2. The molecule has 4 rings (SSSR count). The number of allylic oxidation sites excluding steroid dienone is 7. The highest BCUT2D eigenvalue weighted by Gasteiger charge is 2.25. The van der Waals surface area contributed by atoms with Crippen LogP contribution in [0, 0.1) is 0 Å². The molecule has 2 N–H and O–H groups in total. The zero-order valence-electron chi connectivity index (χ0n) is 23.4. The van der Waals surface area contributed by atoms with Crippen LogP contribution in [-0.2, 0) is 15.9 Å². The highest BCUT2D eigenvalue weighted by Crippen LogP contribution is 2.29. The molecule has 0 spiro atoms. The molecule has 2 heterocycles. The molecule has 0 amide bonds. The molecule has 0 saturated carbocycles. The third-order valence-corrected chi connectivity index (χ3v) is 8.18. The average Bonchev–Trinajstić information content (AvgIpc) is 3.19. The van der Waals surface area contributed by atoms with Crippen molar-refractivity contribution in [1.29, 1.82) is 0 Å². The fraction of sp³-hybridized carbons (Fsp3) is 0.516. The van der Waals surface area contributed by atoms with Crippen LogP contribution in [0.3, 0.4) is 0 Å². The summed E-state index contributed by atoms with van der Waals surface area (Å²) in [4.78, 5) is 2.45. The van der Waals surface area contributed by atoms with Gasteiger partial charge in [0.2, 0.25) is 0 Å². The lowest BCUT2D eigenvalue weighted by molar-refractivity contribution is 0.0385. The van der Waals surface area contributed by atoms with E-state index < -0.39 is 0 Å². The van der Waals surface area contributed by atoms with Crippen molar-refractivity contribution in [3.8, 4) is 0 Å². The van der Waals surface area contributed by atoms with Crippen molar-refractivity contribution >= 4 is 35.4 Å². The van der Waals surface area contributed by atoms with Crippen LogP contribution in [0.4, 0.5) is 0 Å². The molecule has 3 aliphatic rings. The first-order valence-corrected chi connectivity index (χ1v) is 14.9. The molecule has 0 radical (unpaired) electrons. The molecule has 0 aromatic carbocycles. The molecule has 3 unspecified atom stereocenters. The number of hydrogen-bond acceptors (Lipinski definition) is 5. The number of rotatable bonds is 12. The molecule has 1 aliphatic heterocycles. The number of H-pyrrole nitrogens is 1. The van der Waals surface area contributed by atoms with Crippen molar-refractivity contribution in [2.75, 3.05) is 45.9 Å². The lowest BCUT2D eigenvalue weighted by Crippen LogP contribution is -2.40. The second-order valence-corrected chi connectivity index (χ2v) is 11.4. The zero-order chi connectivity index (χ0) is 27.6. The first-order valence-electron chi connectivity index (χ1n) is 14.1. The van der Waals surface area contributed by atoms with E-state index in [4.69, 9.17) is 32.7 Å². The van der Waals surface area contributed by atoms with Crippen molar-refractivity contribution in [1.82, 2.24) is 20.4 Å². The topological polar surface area (TPSA) is 62.4 Å². The van der Waals surface area contributed by atoms with Gasteiger partial charge in [-0.15, -0.1) is 11.6 Å². The molecule has 6 nitrogen and oxygen atoms in total. The zero-order valence-corrected chi connectivity index (χ0v) is 24.9. The third-order valence-electron chi connectivity index (χ3n) is 7.42. The molecule has 8 heteroatoms. The standard InChI is InChI=1S/C31H42Cl2N4O2/c1-4-28(33)31(22(2)32)23(3)39-26-11-13-30-27(20-26)29(35-36-30)12-10-24-6-5-7-25(9-8-24)21-34-14-15-37-16-18-38-19-17-37/h5-6,8-13,23,26,28,34H,4,7,14-21H2,1-3H3,(H,35,36)/b12-10+,31-22+. The van der Waals surface area contributed by atoms with Crippen molar-refractivity contribution in [2.24, 2.45) is 0 Å². The first-order chi connectivity index (χ1) is 18.9. The summed E-state index contributed by atoms with van der Waals surface area (Å²) in [7, 11) is 0. The molecule has 1 fully saturated rings. The summed E-state index contributed by atoms with van der Waals surface area (Å²) >= 11 is 12.9. The van der Waals surface area contributed by atoms with Crippen molar-refractivity contribution in [3.63, 3.8) is 0 Å². The van der Waals surface area contributed by atoms with Crippen molar-refractivity contribution < 1.29 is 9.47 Å². The minimum atomic E-state index is -0.164. The Balaban J connectivity index is 1.32. The molecule has 1 aromatic rings. The Kier molecular flexibility index (Phi) is 11.7. The Hall–Kier alpha value is -1.93. The van der Waals surface area contributed by atoms with Crippen LogP contribution in [0.5, 0.6) is 0 Å². The maximum Gasteiger partial charge on any atom is 0.0888 e. The third kappa shape index (κ3) is 8.78. The van der Waals surface area contributed by atoms with E-state index in [2.05, 4.69) is 75.9 Å². The molecule has 3 atom stereocenters. The minimum Gasteiger partial charge on any atom is -0.379 e. The van der Waals surface area contributed by atoms with Gasteiger partial charge in [0.1, 0.15) is 0 Å².